The molecule has 1 aliphatic rings. The van der Waals surface area contributed by atoms with Crippen LogP contribution in [0.25, 0.3) is 22.3 Å². The molecule has 0 spiro atoms. The first-order valence-corrected chi connectivity index (χ1v) is 21.9. The zero-order valence-electron chi connectivity index (χ0n) is 36.5. The van der Waals surface area contributed by atoms with Gasteiger partial charge >= 0.3 is 5.97 Å². The molecule has 0 radical (unpaired) electrons. The lowest BCUT2D eigenvalue weighted by Crippen LogP contribution is -2.40. The van der Waals surface area contributed by atoms with E-state index in [0.29, 0.717) is 57.0 Å². The van der Waals surface area contributed by atoms with Crippen LogP contribution in [0, 0.1) is 5.92 Å². The van der Waals surface area contributed by atoms with Gasteiger partial charge in [0, 0.05) is 59.5 Å². The Morgan fingerprint density at radius 1 is 0.879 bits per heavy atom. The molecular formula is C52H52N6O8. The van der Waals surface area contributed by atoms with Gasteiger partial charge in [-0.05, 0) is 84.9 Å². The van der Waals surface area contributed by atoms with Crippen molar-refractivity contribution in [2.24, 2.45) is 5.92 Å². The number of carbonyl (C=O) groups excluding carboxylic acids is 2. The zero-order chi connectivity index (χ0) is 46.0. The van der Waals surface area contributed by atoms with Gasteiger partial charge in [0.25, 0.3) is 5.91 Å². The number of phenolic OH excluding ortho intramolecular Hbond substituents is 1. The van der Waals surface area contributed by atoms with E-state index in [0.717, 1.165) is 38.0 Å². The first-order valence-electron chi connectivity index (χ1n) is 21.9. The molecule has 1 saturated heterocycles. The summed E-state index contributed by atoms with van der Waals surface area (Å²) in [5.41, 5.74) is 2.50. The highest BCUT2D eigenvalue weighted by Crippen LogP contribution is 2.34. The van der Waals surface area contributed by atoms with E-state index in [4.69, 9.17) is 14.5 Å². The van der Waals surface area contributed by atoms with E-state index in [1.165, 1.54) is 24.8 Å². The second-order valence-electron chi connectivity index (χ2n) is 16.5. The molecule has 1 aliphatic heterocycles. The molecule has 0 bridgehead atoms. The minimum absolute atomic E-state index is 0.0862. The molecule has 14 heteroatoms. The average molecular weight is 889 g/mol. The van der Waals surface area contributed by atoms with Gasteiger partial charge < -0.3 is 40.4 Å². The van der Waals surface area contributed by atoms with Crippen molar-refractivity contribution < 1.29 is 34.4 Å². The number of aromatic nitrogens is 3. The largest absolute Gasteiger partial charge is 0.506 e. The second-order valence-corrected chi connectivity index (χ2v) is 16.5. The van der Waals surface area contributed by atoms with E-state index < -0.39 is 17.7 Å². The Bertz CT molecular complexity index is 2850. The van der Waals surface area contributed by atoms with E-state index >= 15 is 0 Å². The van der Waals surface area contributed by atoms with Gasteiger partial charge in [0.05, 0.1) is 37.6 Å². The number of aliphatic hydroxyl groups excluding tert-OH is 1. The summed E-state index contributed by atoms with van der Waals surface area (Å²) < 4.78 is 11.5. The molecule has 3 heterocycles. The Morgan fingerprint density at radius 3 is 2.41 bits per heavy atom. The maximum absolute atomic E-state index is 14.0. The van der Waals surface area contributed by atoms with Crippen LogP contribution in [0.5, 0.6) is 11.5 Å². The van der Waals surface area contributed by atoms with Gasteiger partial charge in [0.15, 0.2) is 5.82 Å². The number of nitrogens with one attached hydrogen (secondary N) is 3. The predicted octanol–water partition coefficient (Wildman–Crippen LogP) is 6.14. The summed E-state index contributed by atoms with van der Waals surface area (Å²) in [4.78, 5) is 53.4. The van der Waals surface area contributed by atoms with Crippen molar-refractivity contribution in [3.63, 3.8) is 0 Å². The maximum Gasteiger partial charge on any atom is 0.347 e. The molecule has 2 atom stereocenters. The molecule has 2 aromatic heterocycles. The Kier molecular flexibility index (Phi) is 14.2. The number of likely N-dealkylation sites (tertiary alicyclic amines) is 1. The lowest BCUT2D eigenvalue weighted by Gasteiger charge is -2.33. The topological polar surface area (TPSA) is 199 Å². The molecule has 338 valence electrons. The van der Waals surface area contributed by atoms with Gasteiger partial charge in [-0.15, -0.1) is 0 Å². The van der Waals surface area contributed by atoms with Gasteiger partial charge in [-0.2, -0.15) is 0 Å². The Labute approximate surface area is 381 Å². The zero-order valence-corrected chi connectivity index (χ0v) is 36.5. The summed E-state index contributed by atoms with van der Waals surface area (Å²) in [7, 11) is 1.51. The van der Waals surface area contributed by atoms with E-state index in [-0.39, 0.29) is 48.3 Å². The molecule has 5 aromatic carbocycles. The Hall–Kier alpha value is -7.23. The number of benzene rings is 5. The number of rotatable bonds is 17. The number of carbonyl (C=O) groups is 2. The minimum atomic E-state index is -2.10. The maximum atomic E-state index is 14.0. The summed E-state index contributed by atoms with van der Waals surface area (Å²) in [5.74, 6) is -0.207. The number of amides is 1. The molecule has 14 nitrogen and oxygen atoms in total. The van der Waals surface area contributed by atoms with Crippen molar-refractivity contribution in [1.29, 1.82) is 0 Å². The number of phenols is 1. The number of esters is 1. The Balaban J connectivity index is 0.887. The van der Waals surface area contributed by atoms with Gasteiger partial charge in [0.1, 0.15) is 11.5 Å². The van der Waals surface area contributed by atoms with Gasteiger partial charge in [-0.25, -0.2) is 14.8 Å². The predicted molar refractivity (Wildman–Crippen MR) is 249 cm³/mol. The monoisotopic (exact) mass is 888 g/mol. The standard InChI is InChI=1S/C52H52N6O8/c1-65-46-28-37(15-16-38(46)29-53-31-45(60)42-17-19-44(59)48-43(42)18-20-47(61)57-48)50(62)55-30-41-21-24-54-49(56-41)36-11-8-14-40(27-36)52(64,39-12-6-3-7-13-39)51(63)66-33-35-22-25-58(26-23-35)32-34-9-4-2-5-10-34/h2-21,24,27-28,35,45,53,59-60,64H,22-23,25-26,29-33H2,1H3,(H,55,62)(H,57,61)/t45-,52?/m0/s1. The molecule has 0 saturated carbocycles. The number of aromatic amines is 1. The highest BCUT2D eigenvalue weighted by molar-refractivity contribution is 5.94. The second kappa shape index (κ2) is 20.7. The van der Waals surface area contributed by atoms with Crippen molar-refractivity contribution in [3.05, 3.63) is 189 Å². The third-order valence-electron chi connectivity index (χ3n) is 12.0. The number of H-pyrrole nitrogens is 1. The fourth-order valence-corrected chi connectivity index (χ4v) is 8.36. The number of hydrogen-bond donors (Lipinski definition) is 6. The summed E-state index contributed by atoms with van der Waals surface area (Å²) >= 11 is 0. The van der Waals surface area contributed by atoms with Crippen molar-refractivity contribution in [3.8, 4) is 22.9 Å². The Morgan fingerprint density at radius 2 is 1.64 bits per heavy atom. The summed E-state index contributed by atoms with van der Waals surface area (Å²) in [5, 5.41) is 40.2. The van der Waals surface area contributed by atoms with E-state index in [1.54, 1.807) is 91.1 Å². The number of fused-ring (bicyclic) bond motifs is 1. The lowest BCUT2D eigenvalue weighted by molar-refractivity contribution is -0.164. The van der Waals surface area contributed by atoms with E-state index in [9.17, 15) is 29.7 Å². The smallest absolute Gasteiger partial charge is 0.347 e. The number of methoxy groups -OCH3 is 1. The minimum Gasteiger partial charge on any atom is -0.506 e. The van der Waals surface area contributed by atoms with Gasteiger partial charge in [-0.3, -0.25) is 14.5 Å². The normalized spacial score (nSPS) is 14.6. The molecule has 6 N–H and O–H groups in total. The number of hydrogen-bond acceptors (Lipinski definition) is 12. The summed E-state index contributed by atoms with van der Waals surface area (Å²) in [6.45, 7) is 3.45. The summed E-state index contributed by atoms with van der Waals surface area (Å²) in [6.07, 6.45) is 2.41. The number of pyridine rings is 1. The molecule has 0 aliphatic carbocycles. The van der Waals surface area contributed by atoms with Crippen molar-refractivity contribution >= 4 is 22.8 Å². The third kappa shape index (κ3) is 10.5. The van der Waals surface area contributed by atoms with Crippen LogP contribution in [-0.4, -0.2) is 80.4 Å². The molecule has 66 heavy (non-hydrogen) atoms. The molecule has 1 unspecified atom stereocenters. The van der Waals surface area contributed by atoms with Crippen molar-refractivity contribution in [2.45, 2.75) is 44.2 Å². The first-order chi connectivity index (χ1) is 32.1. The van der Waals surface area contributed by atoms with Crippen LogP contribution in [0.15, 0.2) is 144 Å². The van der Waals surface area contributed by atoms with E-state index in [1.807, 2.05) is 24.3 Å². The highest BCUT2D eigenvalue weighted by Gasteiger charge is 2.42. The quantitative estimate of drug-likeness (QED) is 0.0572. The molecule has 1 amide bonds. The fourth-order valence-electron chi connectivity index (χ4n) is 8.36. The molecule has 1 fully saturated rings. The van der Waals surface area contributed by atoms with Crippen LogP contribution in [-0.2, 0) is 34.8 Å². The first kappa shape index (κ1) is 45.3. The highest BCUT2D eigenvalue weighted by atomic mass is 16.5. The average Bonchev–Trinajstić information content (AvgIpc) is 3.36. The third-order valence-corrected chi connectivity index (χ3v) is 12.0. The van der Waals surface area contributed by atoms with Gasteiger partial charge in [-0.1, -0.05) is 91.0 Å². The number of nitrogens with zero attached hydrogens (tertiary/aromatic N) is 3. The number of aliphatic hydroxyl groups is 2. The molecule has 7 aromatic rings. The SMILES string of the molecule is COc1cc(C(=O)NCc2ccnc(-c3cccc(C(O)(C(=O)OCC4CCN(Cc5ccccc5)CC4)c4ccccc4)c3)n2)ccc1CNC[C@H](O)c1ccc(O)c2[nH]c(=O)ccc12. The van der Waals surface area contributed by atoms with Crippen LogP contribution < -0.4 is 20.9 Å². The number of ether oxygens (including phenoxy) is 2. The van der Waals surface area contributed by atoms with Crippen molar-refractivity contribution in [2.75, 3.05) is 33.4 Å². The van der Waals surface area contributed by atoms with Crippen LogP contribution in [0.1, 0.15) is 62.8 Å². The van der Waals surface area contributed by atoms with Crippen LogP contribution in [0.4, 0.5) is 0 Å². The number of aromatic hydroxyl groups is 1. The fraction of sp³-hybridized carbons (Fsp3) is 0.250. The van der Waals surface area contributed by atoms with Crippen LogP contribution in [0.2, 0.25) is 0 Å². The van der Waals surface area contributed by atoms with E-state index in [2.05, 4.69) is 37.6 Å². The van der Waals surface area contributed by atoms with Crippen LogP contribution in [0.3, 0.4) is 0 Å². The van der Waals surface area contributed by atoms with Crippen LogP contribution >= 0.6 is 0 Å². The number of piperidine rings is 1. The summed E-state index contributed by atoms with van der Waals surface area (Å²) in [6, 6.07) is 38.8. The van der Waals surface area contributed by atoms with Crippen molar-refractivity contribution in [1.82, 2.24) is 30.5 Å². The molecule has 8 rings (SSSR count). The lowest BCUT2D eigenvalue weighted by atomic mass is 9.85. The molecular weight excluding hydrogens is 837 g/mol. The van der Waals surface area contributed by atoms with Gasteiger partial charge in [0.2, 0.25) is 11.2 Å².